The molecule has 2 heterocycles. The Morgan fingerprint density at radius 2 is 1.88 bits per heavy atom. The topological polar surface area (TPSA) is 94.4 Å². The molecule has 8 heteroatoms. The molecular formula is C25H34N6O2. The van der Waals surface area contributed by atoms with E-state index in [1.807, 2.05) is 43.9 Å². The van der Waals surface area contributed by atoms with Crippen LogP contribution in [0.25, 0.3) is 10.9 Å². The Morgan fingerprint density at radius 3 is 2.55 bits per heavy atom. The molecule has 1 saturated carbocycles. The second-order valence-electron chi connectivity index (χ2n) is 10.1. The van der Waals surface area contributed by atoms with Crippen molar-refractivity contribution in [2.75, 3.05) is 31.5 Å². The van der Waals surface area contributed by atoms with Gasteiger partial charge in [0.1, 0.15) is 17.7 Å². The molecule has 1 amide bonds. The second kappa shape index (κ2) is 9.92. The van der Waals surface area contributed by atoms with Crippen molar-refractivity contribution < 1.29 is 9.53 Å². The monoisotopic (exact) mass is 450 g/mol. The standard InChI is InChI=1S/C25H34N6O2/c1-25(2,3)33-24(32)31-14-12-30(13-15-31)20-7-5-19(6-8-20)29-23-21-9-4-18(10-11-26)16-22(21)27-17-28-23/h4,9,16-17,19-20H,5-8,10,12-15H2,1-3H3,(H,27,28,29)/t19-,20-. The number of ether oxygens (including phenoxy) is 1. The first kappa shape index (κ1) is 23.2. The van der Waals surface area contributed by atoms with Crippen LogP contribution in [0.3, 0.4) is 0 Å². The molecule has 1 saturated heterocycles. The summed E-state index contributed by atoms with van der Waals surface area (Å²) in [4.78, 5) is 25.5. The van der Waals surface area contributed by atoms with Crippen molar-refractivity contribution in [1.82, 2.24) is 19.8 Å². The number of nitriles is 1. The zero-order valence-electron chi connectivity index (χ0n) is 19.9. The lowest BCUT2D eigenvalue weighted by Gasteiger charge is -2.42. The molecule has 0 atom stereocenters. The maximum absolute atomic E-state index is 12.3. The predicted octanol–water partition coefficient (Wildman–Crippen LogP) is 3.97. The van der Waals surface area contributed by atoms with Crippen LogP contribution in [0.1, 0.15) is 52.0 Å². The number of nitrogens with one attached hydrogen (secondary N) is 1. The fourth-order valence-electron chi connectivity index (χ4n) is 4.79. The zero-order chi connectivity index (χ0) is 23.4. The second-order valence-corrected chi connectivity index (χ2v) is 10.1. The molecule has 0 unspecified atom stereocenters. The van der Waals surface area contributed by atoms with E-state index in [9.17, 15) is 4.79 Å². The first-order valence-electron chi connectivity index (χ1n) is 11.9. The Labute approximate surface area is 195 Å². The van der Waals surface area contributed by atoms with Crippen molar-refractivity contribution in [1.29, 1.82) is 5.26 Å². The number of hydrogen-bond acceptors (Lipinski definition) is 7. The number of carbonyl (C=O) groups excluding carboxylic acids is 1. The number of benzene rings is 1. The van der Waals surface area contributed by atoms with Crippen LogP contribution in [0.15, 0.2) is 24.5 Å². The number of anilines is 1. The summed E-state index contributed by atoms with van der Waals surface area (Å²) in [6.07, 6.45) is 6.24. The van der Waals surface area contributed by atoms with Crippen LogP contribution in [-0.4, -0.2) is 69.7 Å². The summed E-state index contributed by atoms with van der Waals surface area (Å²) in [6, 6.07) is 9.11. The number of amides is 1. The van der Waals surface area contributed by atoms with Gasteiger partial charge in [0, 0.05) is 43.6 Å². The summed E-state index contributed by atoms with van der Waals surface area (Å²) < 4.78 is 5.51. The van der Waals surface area contributed by atoms with Gasteiger partial charge in [-0.2, -0.15) is 5.26 Å². The smallest absolute Gasteiger partial charge is 0.410 e. The lowest BCUT2D eigenvalue weighted by atomic mass is 9.89. The van der Waals surface area contributed by atoms with Crippen LogP contribution < -0.4 is 5.32 Å². The number of rotatable bonds is 4. The van der Waals surface area contributed by atoms with Crippen molar-refractivity contribution in [2.45, 2.75) is 70.6 Å². The quantitative estimate of drug-likeness (QED) is 0.753. The van der Waals surface area contributed by atoms with Crippen molar-refractivity contribution >= 4 is 22.8 Å². The van der Waals surface area contributed by atoms with Crippen LogP contribution in [0, 0.1) is 11.3 Å². The molecule has 1 aromatic carbocycles. The Bertz CT molecular complexity index is 1010. The minimum atomic E-state index is -0.451. The van der Waals surface area contributed by atoms with Gasteiger partial charge in [-0.1, -0.05) is 6.07 Å². The first-order chi connectivity index (χ1) is 15.8. The largest absolute Gasteiger partial charge is 0.444 e. The Hall–Kier alpha value is -2.92. The highest BCUT2D eigenvalue weighted by atomic mass is 16.6. The molecule has 4 rings (SSSR count). The molecule has 8 nitrogen and oxygen atoms in total. The van der Waals surface area contributed by atoms with E-state index in [2.05, 4.69) is 26.3 Å². The SMILES string of the molecule is CC(C)(C)OC(=O)N1CCN([C@H]2CC[C@H](Nc3ncnc4cc(CC#N)ccc34)CC2)CC1. The van der Waals surface area contributed by atoms with Gasteiger partial charge in [0.15, 0.2) is 0 Å². The molecule has 1 aromatic heterocycles. The van der Waals surface area contributed by atoms with Gasteiger partial charge in [0.25, 0.3) is 0 Å². The van der Waals surface area contributed by atoms with E-state index in [0.29, 0.717) is 18.5 Å². The van der Waals surface area contributed by atoms with Gasteiger partial charge in [0.05, 0.1) is 18.0 Å². The van der Waals surface area contributed by atoms with Gasteiger partial charge >= 0.3 is 6.09 Å². The molecule has 176 valence electrons. The summed E-state index contributed by atoms with van der Waals surface area (Å²) in [5, 5.41) is 13.6. The molecule has 1 N–H and O–H groups in total. The summed E-state index contributed by atoms with van der Waals surface area (Å²) in [6.45, 7) is 8.99. The highest BCUT2D eigenvalue weighted by Crippen LogP contribution is 2.28. The summed E-state index contributed by atoms with van der Waals surface area (Å²) in [5.41, 5.74) is 1.40. The Morgan fingerprint density at radius 1 is 1.15 bits per heavy atom. The highest BCUT2D eigenvalue weighted by molar-refractivity contribution is 5.89. The van der Waals surface area contributed by atoms with Gasteiger partial charge in [-0.25, -0.2) is 14.8 Å². The van der Waals surface area contributed by atoms with Crippen LogP contribution in [-0.2, 0) is 11.2 Å². The van der Waals surface area contributed by atoms with Gasteiger partial charge in [-0.3, -0.25) is 4.90 Å². The number of carbonyl (C=O) groups is 1. The Kier molecular flexibility index (Phi) is 6.99. The lowest BCUT2D eigenvalue weighted by Crippen LogP contribution is -2.53. The number of fused-ring (bicyclic) bond motifs is 1. The van der Waals surface area contributed by atoms with E-state index in [1.54, 1.807) is 6.33 Å². The van der Waals surface area contributed by atoms with Crippen LogP contribution >= 0.6 is 0 Å². The molecule has 33 heavy (non-hydrogen) atoms. The van der Waals surface area contributed by atoms with Crippen molar-refractivity contribution in [3.63, 3.8) is 0 Å². The highest BCUT2D eigenvalue weighted by Gasteiger charge is 2.31. The average molecular weight is 451 g/mol. The average Bonchev–Trinajstić information content (AvgIpc) is 2.79. The first-order valence-corrected chi connectivity index (χ1v) is 11.9. The predicted molar refractivity (Wildman–Crippen MR) is 128 cm³/mol. The molecule has 1 aliphatic carbocycles. The van der Waals surface area contributed by atoms with E-state index in [1.165, 1.54) is 0 Å². The van der Waals surface area contributed by atoms with Crippen molar-refractivity contribution in [2.24, 2.45) is 0 Å². The molecular weight excluding hydrogens is 416 g/mol. The van der Waals surface area contributed by atoms with Crippen molar-refractivity contribution in [3.05, 3.63) is 30.1 Å². The molecule has 0 bridgehead atoms. The third kappa shape index (κ3) is 5.91. The third-order valence-corrected chi connectivity index (χ3v) is 6.50. The Balaban J connectivity index is 1.28. The molecule has 2 aliphatic rings. The molecule has 0 spiro atoms. The maximum atomic E-state index is 12.3. The number of piperazine rings is 1. The fraction of sp³-hybridized carbons (Fsp3) is 0.600. The minimum Gasteiger partial charge on any atom is -0.444 e. The van der Waals surface area contributed by atoms with Gasteiger partial charge in [-0.05, 0) is 64.2 Å². The van der Waals surface area contributed by atoms with E-state index in [4.69, 9.17) is 10.00 Å². The van der Waals surface area contributed by atoms with Gasteiger partial charge < -0.3 is 15.0 Å². The van der Waals surface area contributed by atoms with Gasteiger partial charge in [-0.15, -0.1) is 0 Å². The summed E-state index contributed by atoms with van der Waals surface area (Å²) >= 11 is 0. The number of nitrogens with zero attached hydrogens (tertiary/aromatic N) is 5. The van der Waals surface area contributed by atoms with E-state index >= 15 is 0 Å². The van der Waals surface area contributed by atoms with E-state index in [-0.39, 0.29) is 6.09 Å². The molecule has 2 fully saturated rings. The normalized spacial score (nSPS) is 22.1. The molecule has 2 aromatic rings. The van der Waals surface area contributed by atoms with E-state index < -0.39 is 5.60 Å². The van der Waals surface area contributed by atoms with Crippen LogP contribution in [0.2, 0.25) is 0 Å². The summed E-state index contributed by atoms with van der Waals surface area (Å²) in [7, 11) is 0. The third-order valence-electron chi connectivity index (χ3n) is 6.50. The van der Waals surface area contributed by atoms with Crippen LogP contribution in [0.5, 0.6) is 0 Å². The van der Waals surface area contributed by atoms with E-state index in [0.717, 1.165) is 74.1 Å². The minimum absolute atomic E-state index is 0.202. The maximum Gasteiger partial charge on any atom is 0.410 e. The number of aromatic nitrogens is 2. The molecule has 0 radical (unpaired) electrons. The number of hydrogen-bond donors (Lipinski definition) is 1. The lowest BCUT2D eigenvalue weighted by molar-refractivity contribution is 0.00806. The molecule has 1 aliphatic heterocycles. The van der Waals surface area contributed by atoms with Gasteiger partial charge in [0.2, 0.25) is 0 Å². The summed E-state index contributed by atoms with van der Waals surface area (Å²) in [5.74, 6) is 0.873. The zero-order valence-corrected chi connectivity index (χ0v) is 19.9. The van der Waals surface area contributed by atoms with Crippen LogP contribution in [0.4, 0.5) is 10.6 Å². The van der Waals surface area contributed by atoms with Crippen molar-refractivity contribution in [3.8, 4) is 6.07 Å². The fourth-order valence-corrected chi connectivity index (χ4v) is 4.79.